The van der Waals surface area contributed by atoms with Gasteiger partial charge in [0.05, 0.1) is 33.4 Å². The maximum Gasteiger partial charge on any atom is 0.138 e. The number of benzene rings is 8. The van der Waals surface area contributed by atoms with Gasteiger partial charge in [-0.15, -0.1) is 0 Å². The van der Waals surface area contributed by atoms with E-state index in [0.717, 1.165) is 66.4 Å². The Kier molecular flexibility index (Phi) is 4.44. The summed E-state index contributed by atoms with van der Waals surface area (Å²) in [5, 5.41) is 9.40. The Hall–Kier alpha value is -6.52. The van der Waals surface area contributed by atoms with E-state index >= 15 is 0 Å². The Morgan fingerprint density at radius 3 is 1.06 bits per heavy atom. The summed E-state index contributed by atoms with van der Waals surface area (Å²) < 4.78 is 18.4. The van der Waals surface area contributed by atoms with Crippen LogP contribution in [0.25, 0.3) is 110 Å². The van der Waals surface area contributed by atoms with E-state index in [0.29, 0.717) is 0 Å². The van der Waals surface area contributed by atoms with Gasteiger partial charge in [0.2, 0.25) is 0 Å². The van der Waals surface area contributed by atoms with E-state index in [1.807, 2.05) is 0 Å². The zero-order valence-electron chi connectivity index (χ0n) is 25.6. The first-order chi connectivity index (χ1) is 23.8. The van der Waals surface area contributed by atoms with Crippen LogP contribution in [-0.4, -0.2) is 9.13 Å². The van der Waals surface area contributed by atoms with Gasteiger partial charge in [-0.3, -0.25) is 0 Å². The van der Waals surface area contributed by atoms with E-state index in [1.165, 1.54) is 43.6 Å². The fourth-order valence-corrected chi connectivity index (χ4v) is 8.51. The number of hydrogen-bond donors (Lipinski definition) is 0. The Labute approximate surface area is 272 Å². The van der Waals surface area contributed by atoms with Crippen LogP contribution in [0.3, 0.4) is 0 Å². The maximum atomic E-state index is 6.85. The van der Waals surface area contributed by atoms with E-state index in [2.05, 4.69) is 155 Å². The molecule has 0 spiro atoms. The molecule has 8 aromatic carbocycles. The SMILES string of the molecule is c1ccc2c(c1)c1ccccc1n2-c1cc2ccc3oc4cc(-n5c6ccccc6c6ccccc65)cc5ccc6oc(c1)c2c3-c6c54. The van der Waals surface area contributed by atoms with Crippen molar-refractivity contribution < 1.29 is 8.83 Å². The topological polar surface area (TPSA) is 36.1 Å². The fraction of sp³-hybridized carbons (Fsp3) is 0. The van der Waals surface area contributed by atoms with Crippen LogP contribution < -0.4 is 0 Å². The quantitative estimate of drug-likeness (QED) is 0.144. The minimum atomic E-state index is 0.849. The summed E-state index contributed by atoms with van der Waals surface area (Å²) in [6.45, 7) is 0. The lowest BCUT2D eigenvalue weighted by Gasteiger charge is -2.21. The molecule has 0 fully saturated rings. The summed E-state index contributed by atoms with van der Waals surface area (Å²) in [7, 11) is 0. The summed E-state index contributed by atoms with van der Waals surface area (Å²) in [6, 6.07) is 52.0. The molecule has 222 valence electrons. The standard InChI is InChI=1S/C44H24N2O2/c1-5-13-33-29(9-1)30-10-2-6-14-34(30)45(33)27-21-25-17-19-38-43-41(25)39(23-27)47-37-20-18-26-22-28(24-40(48-38)42(26)44(37)43)46-35-15-7-3-11-31(35)32-12-4-8-16-36(32)46/h1-24H. The molecule has 10 aromatic rings. The van der Waals surface area contributed by atoms with Crippen molar-refractivity contribution in [2.45, 2.75) is 0 Å². The number of fused-ring (bicyclic) bond motifs is 6. The Bertz CT molecular complexity index is 2910. The fourth-order valence-electron chi connectivity index (χ4n) is 8.51. The van der Waals surface area contributed by atoms with Gasteiger partial charge in [-0.2, -0.15) is 0 Å². The van der Waals surface area contributed by atoms with Gasteiger partial charge in [-0.1, -0.05) is 84.9 Å². The lowest BCUT2D eigenvalue weighted by Crippen LogP contribution is -1.99. The maximum absolute atomic E-state index is 6.85. The summed E-state index contributed by atoms with van der Waals surface area (Å²) in [5.74, 6) is 0. The molecule has 0 radical (unpaired) electrons. The molecule has 4 nitrogen and oxygen atoms in total. The van der Waals surface area contributed by atoms with Gasteiger partial charge in [-0.25, -0.2) is 0 Å². The van der Waals surface area contributed by atoms with Crippen molar-refractivity contribution in [2.75, 3.05) is 0 Å². The number of aromatic nitrogens is 2. The second-order valence-corrected chi connectivity index (χ2v) is 12.9. The summed E-state index contributed by atoms with van der Waals surface area (Å²) in [6.07, 6.45) is 0. The first kappa shape index (κ1) is 24.7. The van der Waals surface area contributed by atoms with Crippen LogP contribution in [-0.2, 0) is 0 Å². The molecule has 0 saturated heterocycles. The van der Waals surface area contributed by atoms with Crippen molar-refractivity contribution >= 4 is 87.5 Å². The molecule has 2 aromatic heterocycles. The first-order valence-corrected chi connectivity index (χ1v) is 16.3. The van der Waals surface area contributed by atoms with Crippen molar-refractivity contribution in [3.63, 3.8) is 0 Å². The molecule has 0 aliphatic carbocycles. The van der Waals surface area contributed by atoms with E-state index in [1.54, 1.807) is 0 Å². The molecule has 4 heterocycles. The summed E-state index contributed by atoms with van der Waals surface area (Å²) in [4.78, 5) is 0. The van der Waals surface area contributed by atoms with Crippen molar-refractivity contribution in [1.29, 1.82) is 0 Å². The second kappa shape index (κ2) is 8.64. The van der Waals surface area contributed by atoms with Crippen molar-refractivity contribution in [1.82, 2.24) is 9.13 Å². The van der Waals surface area contributed by atoms with E-state index in [9.17, 15) is 0 Å². The molecular formula is C44H24N2O2. The molecule has 2 aliphatic heterocycles. The highest BCUT2D eigenvalue weighted by Gasteiger charge is 2.26. The second-order valence-electron chi connectivity index (χ2n) is 12.9. The molecule has 0 N–H and O–H groups in total. The molecule has 0 saturated carbocycles. The lowest BCUT2D eigenvalue weighted by molar-refractivity contribution is 0.646. The lowest BCUT2D eigenvalue weighted by atomic mass is 9.90. The number of rotatable bonds is 2. The smallest absolute Gasteiger partial charge is 0.138 e. The highest BCUT2D eigenvalue weighted by atomic mass is 16.3. The Balaban J connectivity index is 1.15. The van der Waals surface area contributed by atoms with Crippen LogP contribution in [0, 0.1) is 0 Å². The molecule has 48 heavy (non-hydrogen) atoms. The third-order valence-electron chi connectivity index (χ3n) is 10.4. The average Bonchev–Trinajstić information content (AvgIpc) is 3.65. The van der Waals surface area contributed by atoms with Gasteiger partial charge in [0.1, 0.15) is 22.3 Å². The van der Waals surface area contributed by atoms with E-state index < -0.39 is 0 Å². The highest BCUT2D eigenvalue weighted by Crippen LogP contribution is 2.49. The minimum absolute atomic E-state index is 0.849. The summed E-state index contributed by atoms with van der Waals surface area (Å²) >= 11 is 0. The largest absolute Gasteiger partial charge is 0.456 e. The number of para-hydroxylation sites is 4. The Morgan fingerprint density at radius 2 is 0.688 bits per heavy atom. The molecule has 2 aliphatic rings. The van der Waals surface area contributed by atoms with Crippen LogP contribution in [0.1, 0.15) is 0 Å². The zero-order valence-corrected chi connectivity index (χ0v) is 25.6. The molecule has 0 amide bonds. The predicted octanol–water partition coefficient (Wildman–Crippen LogP) is 12.2. The molecule has 4 heteroatoms. The van der Waals surface area contributed by atoms with Crippen LogP contribution in [0.4, 0.5) is 0 Å². The molecule has 0 unspecified atom stereocenters. The van der Waals surface area contributed by atoms with Crippen molar-refractivity contribution in [3.05, 3.63) is 146 Å². The first-order valence-electron chi connectivity index (χ1n) is 16.3. The van der Waals surface area contributed by atoms with E-state index in [-0.39, 0.29) is 0 Å². The van der Waals surface area contributed by atoms with Gasteiger partial charge < -0.3 is 18.0 Å². The highest BCUT2D eigenvalue weighted by molar-refractivity contribution is 6.24. The summed E-state index contributed by atoms with van der Waals surface area (Å²) in [5.41, 5.74) is 12.5. The predicted molar refractivity (Wildman–Crippen MR) is 197 cm³/mol. The minimum Gasteiger partial charge on any atom is -0.456 e. The molecule has 12 rings (SSSR count). The monoisotopic (exact) mass is 612 g/mol. The molecule has 0 atom stereocenters. The molecule has 0 bridgehead atoms. The van der Waals surface area contributed by atoms with Crippen LogP contribution >= 0.6 is 0 Å². The van der Waals surface area contributed by atoms with Crippen LogP contribution in [0.15, 0.2) is 154 Å². The van der Waals surface area contributed by atoms with Gasteiger partial charge in [0, 0.05) is 55.6 Å². The number of nitrogens with zero attached hydrogens (tertiary/aromatic N) is 2. The third-order valence-corrected chi connectivity index (χ3v) is 10.4. The van der Waals surface area contributed by atoms with Crippen LogP contribution in [0.5, 0.6) is 0 Å². The average molecular weight is 613 g/mol. The normalized spacial score (nSPS) is 12.6. The Morgan fingerprint density at radius 1 is 0.333 bits per heavy atom. The molecular weight excluding hydrogens is 588 g/mol. The van der Waals surface area contributed by atoms with Crippen molar-refractivity contribution in [2.24, 2.45) is 0 Å². The number of hydrogen-bond acceptors (Lipinski definition) is 2. The van der Waals surface area contributed by atoms with Crippen LogP contribution in [0.2, 0.25) is 0 Å². The van der Waals surface area contributed by atoms with Gasteiger partial charge in [0.15, 0.2) is 0 Å². The zero-order chi connectivity index (χ0) is 31.1. The van der Waals surface area contributed by atoms with Crippen molar-refractivity contribution in [3.8, 4) is 22.5 Å². The van der Waals surface area contributed by atoms with E-state index in [4.69, 9.17) is 8.83 Å². The van der Waals surface area contributed by atoms with Gasteiger partial charge >= 0.3 is 0 Å². The van der Waals surface area contributed by atoms with Gasteiger partial charge in [0.25, 0.3) is 0 Å². The third kappa shape index (κ3) is 3.00. The van der Waals surface area contributed by atoms with Gasteiger partial charge in [-0.05, 0) is 59.3 Å².